The highest BCUT2D eigenvalue weighted by molar-refractivity contribution is 9.10. The highest BCUT2D eigenvalue weighted by Gasteiger charge is 2.51. The minimum absolute atomic E-state index is 0.657. The van der Waals surface area contributed by atoms with Crippen molar-refractivity contribution in [3.05, 3.63) is 47.0 Å². The van der Waals surface area contributed by atoms with Crippen molar-refractivity contribution in [3.63, 3.8) is 0 Å². The average Bonchev–Trinajstić information content (AvgIpc) is 2.99. The van der Waals surface area contributed by atoms with Gasteiger partial charge in [0.05, 0.1) is 17.4 Å². The molecule has 3 rings (SSSR count). The lowest BCUT2D eigenvalue weighted by molar-refractivity contribution is -0.140. The lowest BCUT2D eigenvalue weighted by atomic mass is 9.96. The van der Waals surface area contributed by atoms with Gasteiger partial charge in [-0.2, -0.15) is 0 Å². The van der Waals surface area contributed by atoms with Crippen molar-refractivity contribution in [2.24, 2.45) is 0 Å². The van der Waals surface area contributed by atoms with Crippen LogP contribution in [0.4, 0.5) is 0 Å². The first-order valence-electron chi connectivity index (χ1n) is 5.65. The number of nitrogens with zero attached hydrogens (tertiary/aromatic N) is 2. The van der Waals surface area contributed by atoms with Gasteiger partial charge in [-0.05, 0) is 46.5 Å². The smallest absolute Gasteiger partial charge is 0.314 e. The van der Waals surface area contributed by atoms with Crippen molar-refractivity contribution in [2.75, 3.05) is 0 Å². The number of carboxylic acid groups (broad SMARTS) is 1. The zero-order valence-electron chi connectivity index (χ0n) is 9.51. The summed E-state index contributed by atoms with van der Waals surface area (Å²) < 4.78 is 2.76. The maximum Gasteiger partial charge on any atom is 0.314 e. The van der Waals surface area contributed by atoms with Crippen LogP contribution in [0.5, 0.6) is 0 Å². The molecule has 5 heteroatoms. The summed E-state index contributed by atoms with van der Waals surface area (Å²) in [6, 6.07) is 5.71. The molecule has 1 N–H and O–H groups in total. The van der Waals surface area contributed by atoms with Crippen molar-refractivity contribution >= 4 is 21.9 Å². The first-order valence-corrected chi connectivity index (χ1v) is 6.44. The number of rotatable bonds is 3. The fraction of sp³-hybridized carbons (Fsp3) is 0.231. The number of carboxylic acids is 1. The number of carbonyl (C=O) groups is 1. The molecule has 1 aromatic carbocycles. The van der Waals surface area contributed by atoms with Crippen LogP contribution in [-0.4, -0.2) is 20.6 Å². The lowest BCUT2D eigenvalue weighted by Crippen LogP contribution is -2.19. The molecule has 0 bridgehead atoms. The molecular formula is C13H11BrN2O2. The molecule has 4 nitrogen and oxygen atoms in total. The monoisotopic (exact) mass is 306 g/mol. The Morgan fingerprint density at radius 1 is 1.44 bits per heavy atom. The third-order valence-corrected chi connectivity index (χ3v) is 4.08. The molecule has 0 amide bonds. The molecule has 0 atom stereocenters. The highest BCUT2D eigenvalue weighted by atomic mass is 79.9. The summed E-state index contributed by atoms with van der Waals surface area (Å²) in [5.74, 6) is -0.732. The first kappa shape index (κ1) is 11.5. The Hall–Kier alpha value is -1.62. The van der Waals surface area contributed by atoms with Gasteiger partial charge in [-0.1, -0.05) is 6.07 Å². The van der Waals surface area contributed by atoms with E-state index in [0.717, 1.165) is 28.6 Å². The van der Waals surface area contributed by atoms with Gasteiger partial charge in [-0.3, -0.25) is 4.79 Å². The summed E-state index contributed by atoms with van der Waals surface area (Å²) in [4.78, 5) is 15.3. The lowest BCUT2D eigenvalue weighted by Gasteiger charge is -2.13. The van der Waals surface area contributed by atoms with Gasteiger partial charge in [-0.15, -0.1) is 0 Å². The number of aliphatic carboxylic acids is 1. The Balaban J connectivity index is 2.03. The largest absolute Gasteiger partial charge is 0.481 e. The predicted molar refractivity (Wildman–Crippen MR) is 69.8 cm³/mol. The molecular weight excluding hydrogens is 296 g/mol. The molecule has 2 aromatic rings. The molecule has 1 aromatic heterocycles. The summed E-state index contributed by atoms with van der Waals surface area (Å²) >= 11 is 3.50. The van der Waals surface area contributed by atoms with E-state index >= 15 is 0 Å². The molecule has 0 unspecified atom stereocenters. The van der Waals surface area contributed by atoms with E-state index in [4.69, 9.17) is 0 Å². The van der Waals surface area contributed by atoms with Crippen LogP contribution in [-0.2, 0) is 10.2 Å². The number of benzene rings is 1. The van der Waals surface area contributed by atoms with Gasteiger partial charge < -0.3 is 9.67 Å². The molecule has 0 radical (unpaired) electrons. The number of imidazole rings is 1. The topological polar surface area (TPSA) is 55.1 Å². The maximum atomic E-state index is 11.3. The number of hydrogen-bond donors (Lipinski definition) is 1. The minimum atomic E-state index is -0.732. The van der Waals surface area contributed by atoms with E-state index in [2.05, 4.69) is 20.9 Å². The normalized spacial score (nSPS) is 16.5. The standard InChI is InChI=1S/C13H11BrN2O2/c14-10-7-9(13(3-4-13)12(17)18)1-2-11(10)16-6-5-15-8-16/h1-2,5-8H,3-4H2,(H,17,18). The van der Waals surface area contributed by atoms with Crippen LogP contribution in [0.2, 0.25) is 0 Å². The van der Waals surface area contributed by atoms with E-state index in [9.17, 15) is 9.90 Å². The van der Waals surface area contributed by atoms with Gasteiger partial charge in [0.1, 0.15) is 0 Å². The Bertz CT molecular complexity index is 603. The number of hydrogen-bond acceptors (Lipinski definition) is 2. The Morgan fingerprint density at radius 2 is 2.22 bits per heavy atom. The zero-order chi connectivity index (χ0) is 12.8. The third-order valence-electron chi connectivity index (χ3n) is 3.44. The van der Waals surface area contributed by atoms with Crippen LogP contribution in [0.25, 0.3) is 5.69 Å². The van der Waals surface area contributed by atoms with E-state index in [1.807, 2.05) is 29.0 Å². The van der Waals surface area contributed by atoms with Gasteiger partial charge in [-0.25, -0.2) is 4.98 Å². The molecule has 1 heterocycles. The van der Waals surface area contributed by atoms with E-state index in [1.54, 1.807) is 12.5 Å². The zero-order valence-corrected chi connectivity index (χ0v) is 11.1. The highest BCUT2D eigenvalue weighted by Crippen LogP contribution is 2.49. The van der Waals surface area contributed by atoms with Crippen molar-refractivity contribution in [2.45, 2.75) is 18.3 Å². The van der Waals surface area contributed by atoms with Crippen LogP contribution in [0, 0.1) is 0 Å². The van der Waals surface area contributed by atoms with E-state index in [-0.39, 0.29) is 0 Å². The van der Waals surface area contributed by atoms with Crippen molar-refractivity contribution in [1.82, 2.24) is 9.55 Å². The van der Waals surface area contributed by atoms with Crippen LogP contribution in [0.1, 0.15) is 18.4 Å². The van der Waals surface area contributed by atoms with Gasteiger partial charge in [0.25, 0.3) is 0 Å². The summed E-state index contributed by atoms with van der Waals surface area (Å²) in [6.07, 6.45) is 6.71. The van der Waals surface area contributed by atoms with Crippen molar-refractivity contribution in [1.29, 1.82) is 0 Å². The molecule has 1 aliphatic rings. The van der Waals surface area contributed by atoms with E-state index < -0.39 is 11.4 Å². The molecule has 92 valence electrons. The van der Waals surface area contributed by atoms with Gasteiger partial charge in [0.15, 0.2) is 0 Å². The van der Waals surface area contributed by atoms with Gasteiger partial charge in [0, 0.05) is 16.9 Å². The number of aromatic nitrogens is 2. The predicted octanol–water partition coefficient (Wildman–Crippen LogP) is 2.75. The Kier molecular flexibility index (Phi) is 2.52. The fourth-order valence-electron chi connectivity index (χ4n) is 2.17. The first-order chi connectivity index (χ1) is 8.63. The van der Waals surface area contributed by atoms with Crippen LogP contribution in [0.15, 0.2) is 41.4 Å². The molecule has 1 aliphatic carbocycles. The fourth-order valence-corrected chi connectivity index (χ4v) is 2.75. The quantitative estimate of drug-likeness (QED) is 0.948. The average molecular weight is 307 g/mol. The maximum absolute atomic E-state index is 11.3. The SMILES string of the molecule is O=C(O)C1(c2ccc(-n3ccnc3)c(Br)c2)CC1. The van der Waals surface area contributed by atoms with Crippen LogP contribution < -0.4 is 0 Å². The van der Waals surface area contributed by atoms with E-state index in [0.29, 0.717) is 0 Å². The summed E-state index contributed by atoms with van der Waals surface area (Å²) in [6.45, 7) is 0. The molecule has 0 spiro atoms. The minimum Gasteiger partial charge on any atom is -0.481 e. The van der Waals surface area contributed by atoms with Gasteiger partial charge in [0.2, 0.25) is 0 Å². The summed E-state index contributed by atoms with van der Waals surface area (Å²) in [5.41, 5.74) is 1.17. The Labute approximate surface area is 112 Å². The second-order valence-corrected chi connectivity index (χ2v) is 5.38. The second-order valence-electron chi connectivity index (χ2n) is 4.52. The third kappa shape index (κ3) is 1.66. The molecule has 1 saturated carbocycles. The second kappa shape index (κ2) is 3.95. The van der Waals surface area contributed by atoms with Gasteiger partial charge >= 0.3 is 5.97 Å². The van der Waals surface area contributed by atoms with Crippen LogP contribution >= 0.6 is 15.9 Å². The van der Waals surface area contributed by atoms with Crippen molar-refractivity contribution in [3.8, 4) is 5.69 Å². The molecule has 18 heavy (non-hydrogen) atoms. The molecule has 1 fully saturated rings. The van der Waals surface area contributed by atoms with Crippen LogP contribution in [0.3, 0.4) is 0 Å². The van der Waals surface area contributed by atoms with Crippen molar-refractivity contribution < 1.29 is 9.90 Å². The molecule has 0 aliphatic heterocycles. The Morgan fingerprint density at radius 3 is 2.72 bits per heavy atom. The molecule has 0 saturated heterocycles. The number of halogens is 1. The van der Waals surface area contributed by atoms with E-state index in [1.165, 1.54) is 0 Å². The summed E-state index contributed by atoms with van der Waals surface area (Å²) in [5, 5.41) is 9.27. The summed E-state index contributed by atoms with van der Waals surface area (Å²) in [7, 11) is 0.